The van der Waals surface area contributed by atoms with Gasteiger partial charge in [0.05, 0.1) is 6.61 Å². The molecule has 0 aromatic carbocycles. The van der Waals surface area contributed by atoms with Crippen molar-refractivity contribution in [2.24, 2.45) is 7.05 Å². The number of fused-ring (bicyclic) bond motifs is 1. The molecule has 0 spiro atoms. The van der Waals surface area contributed by atoms with Gasteiger partial charge in [0.1, 0.15) is 5.56 Å². The van der Waals surface area contributed by atoms with E-state index in [0.717, 1.165) is 0 Å². The molecule has 0 amide bonds. The Morgan fingerprint density at radius 1 is 1.56 bits per heavy atom. The molecule has 0 fully saturated rings. The average molecular weight is 221 g/mol. The van der Waals surface area contributed by atoms with E-state index in [1.807, 2.05) is 0 Å². The Bertz CT molecular complexity index is 597. The SMILES string of the molecule is CCOC(=O)c1cnc2ccn(C)n2c1=O. The molecule has 0 aliphatic heterocycles. The smallest absolute Gasteiger partial charge is 0.345 e. The van der Waals surface area contributed by atoms with Gasteiger partial charge in [-0.25, -0.2) is 9.78 Å². The molecular weight excluding hydrogens is 210 g/mol. The van der Waals surface area contributed by atoms with Crippen LogP contribution in [0, 0.1) is 0 Å². The highest BCUT2D eigenvalue weighted by Gasteiger charge is 2.15. The molecule has 84 valence electrons. The molecule has 0 unspecified atom stereocenters. The van der Waals surface area contributed by atoms with Crippen LogP contribution in [0.4, 0.5) is 0 Å². The molecule has 6 nitrogen and oxygen atoms in total. The first-order valence-corrected chi connectivity index (χ1v) is 4.85. The molecule has 16 heavy (non-hydrogen) atoms. The van der Waals surface area contributed by atoms with Crippen molar-refractivity contribution in [3.05, 3.63) is 34.4 Å². The monoisotopic (exact) mass is 221 g/mol. The van der Waals surface area contributed by atoms with Crippen LogP contribution in [0.3, 0.4) is 0 Å². The molecule has 0 aliphatic rings. The van der Waals surface area contributed by atoms with E-state index < -0.39 is 11.5 Å². The predicted octanol–water partition coefficient (Wildman–Crippen LogP) is 0.210. The minimum atomic E-state index is -0.643. The molecule has 2 aromatic heterocycles. The Balaban J connectivity index is 2.64. The van der Waals surface area contributed by atoms with E-state index in [-0.39, 0.29) is 12.2 Å². The van der Waals surface area contributed by atoms with Crippen LogP contribution in [-0.2, 0) is 11.8 Å². The van der Waals surface area contributed by atoms with Gasteiger partial charge in [-0.2, -0.15) is 4.52 Å². The lowest BCUT2D eigenvalue weighted by atomic mass is 10.3. The van der Waals surface area contributed by atoms with Crippen LogP contribution in [0.2, 0.25) is 0 Å². The van der Waals surface area contributed by atoms with Gasteiger partial charge in [-0.15, -0.1) is 0 Å². The predicted molar refractivity (Wildman–Crippen MR) is 56.4 cm³/mol. The second kappa shape index (κ2) is 3.80. The third kappa shape index (κ3) is 1.48. The number of carbonyl (C=O) groups excluding carboxylic acids is 1. The summed E-state index contributed by atoms with van der Waals surface area (Å²) in [5.74, 6) is -0.643. The molecule has 0 radical (unpaired) electrons. The maximum Gasteiger partial charge on any atom is 0.345 e. The number of esters is 1. The fourth-order valence-corrected chi connectivity index (χ4v) is 1.47. The third-order valence-corrected chi connectivity index (χ3v) is 2.22. The van der Waals surface area contributed by atoms with Gasteiger partial charge in [0.25, 0.3) is 5.56 Å². The van der Waals surface area contributed by atoms with Crippen molar-refractivity contribution in [2.45, 2.75) is 6.92 Å². The summed E-state index contributed by atoms with van der Waals surface area (Å²) in [4.78, 5) is 27.4. The van der Waals surface area contributed by atoms with Gasteiger partial charge in [0, 0.05) is 25.5 Å². The summed E-state index contributed by atoms with van der Waals surface area (Å²) >= 11 is 0. The van der Waals surface area contributed by atoms with Crippen LogP contribution in [0.15, 0.2) is 23.3 Å². The van der Waals surface area contributed by atoms with Crippen molar-refractivity contribution in [1.29, 1.82) is 0 Å². The highest BCUT2D eigenvalue weighted by molar-refractivity contribution is 5.88. The number of ether oxygens (including phenoxy) is 1. The summed E-state index contributed by atoms with van der Waals surface area (Å²) in [5.41, 5.74) is 0.0256. The Morgan fingerprint density at radius 2 is 2.31 bits per heavy atom. The van der Waals surface area contributed by atoms with Crippen molar-refractivity contribution in [3.8, 4) is 0 Å². The highest BCUT2D eigenvalue weighted by Crippen LogP contribution is 1.99. The van der Waals surface area contributed by atoms with Crippen LogP contribution >= 0.6 is 0 Å². The van der Waals surface area contributed by atoms with Gasteiger partial charge in [-0.05, 0) is 6.92 Å². The average Bonchev–Trinajstić information content (AvgIpc) is 2.62. The van der Waals surface area contributed by atoms with E-state index in [1.54, 1.807) is 30.9 Å². The zero-order valence-corrected chi connectivity index (χ0v) is 9.01. The minimum Gasteiger partial charge on any atom is -0.462 e. The zero-order chi connectivity index (χ0) is 11.7. The van der Waals surface area contributed by atoms with Crippen LogP contribution in [0.5, 0.6) is 0 Å². The molecule has 0 saturated carbocycles. The molecule has 2 rings (SSSR count). The van der Waals surface area contributed by atoms with Crippen molar-refractivity contribution in [2.75, 3.05) is 6.61 Å². The molecule has 0 saturated heterocycles. The van der Waals surface area contributed by atoms with Crippen molar-refractivity contribution < 1.29 is 9.53 Å². The van der Waals surface area contributed by atoms with Gasteiger partial charge >= 0.3 is 5.97 Å². The number of rotatable bonds is 2. The van der Waals surface area contributed by atoms with Gasteiger partial charge in [-0.1, -0.05) is 0 Å². The molecule has 6 heteroatoms. The fourth-order valence-electron chi connectivity index (χ4n) is 1.47. The quantitative estimate of drug-likeness (QED) is 0.680. The minimum absolute atomic E-state index is 0.0545. The number of nitrogens with zero attached hydrogens (tertiary/aromatic N) is 3. The zero-order valence-electron chi connectivity index (χ0n) is 9.01. The number of hydrogen-bond donors (Lipinski definition) is 0. The van der Waals surface area contributed by atoms with E-state index >= 15 is 0 Å². The first kappa shape index (κ1) is 10.4. The van der Waals surface area contributed by atoms with E-state index in [1.165, 1.54) is 10.7 Å². The van der Waals surface area contributed by atoms with Crippen LogP contribution in [0.25, 0.3) is 5.65 Å². The fraction of sp³-hybridized carbons (Fsp3) is 0.300. The largest absolute Gasteiger partial charge is 0.462 e. The number of aromatic nitrogens is 3. The molecular formula is C10H11N3O3. The summed E-state index contributed by atoms with van der Waals surface area (Å²) < 4.78 is 7.65. The van der Waals surface area contributed by atoms with E-state index in [9.17, 15) is 9.59 Å². The molecule has 0 aliphatic carbocycles. The van der Waals surface area contributed by atoms with E-state index in [2.05, 4.69) is 4.98 Å². The summed E-state index contributed by atoms with van der Waals surface area (Å²) in [6, 6.07) is 1.69. The Kier molecular flexibility index (Phi) is 2.47. The number of carbonyl (C=O) groups is 1. The standard InChI is InChI=1S/C10H11N3O3/c1-3-16-10(15)7-6-11-8-4-5-12(2)13(8)9(7)14/h4-6H,3H2,1-2H3. The lowest BCUT2D eigenvalue weighted by Crippen LogP contribution is -2.26. The van der Waals surface area contributed by atoms with E-state index in [4.69, 9.17) is 4.74 Å². The third-order valence-electron chi connectivity index (χ3n) is 2.22. The Morgan fingerprint density at radius 3 is 3.00 bits per heavy atom. The maximum absolute atomic E-state index is 11.9. The second-order valence-corrected chi connectivity index (χ2v) is 3.26. The molecule has 2 aromatic rings. The maximum atomic E-state index is 11.9. The summed E-state index contributed by atoms with van der Waals surface area (Å²) in [5, 5.41) is 0. The molecule has 0 bridgehead atoms. The highest BCUT2D eigenvalue weighted by atomic mass is 16.5. The van der Waals surface area contributed by atoms with Gasteiger partial charge in [0.15, 0.2) is 5.65 Å². The second-order valence-electron chi connectivity index (χ2n) is 3.26. The van der Waals surface area contributed by atoms with E-state index in [0.29, 0.717) is 5.65 Å². The van der Waals surface area contributed by atoms with Crippen LogP contribution in [0.1, 0.15) is 17.3 Å². The van der Waals surface area contributed by atoms with Crippen molar-refractivity contribution >= 4 is 11.6 Å². The van der Waals surface area contributed by atoms with Crippen LogP contribution in [-0.4, -0.2) is 26.8 Å². The van der Waals surface area contributed by atoms with Gasteiger partial charge in [0.2, 0.25) is 0 Å². The summed E-state index contributed by atoms with van der Waals surface area (Å²) in [6.45, 7) is 1.91. The number of aryl methyl sites for hydroxylation is 1. The molecule has 0 atom stereocenters. The lowest BCUT2D eigenvalue weighted by Gasteiger charge is -2.02. The summed E-state index contributed by atoms with van der Waals surface area (Å²) in [6.07, 6.45) is 2.94. The van der Waals surface area contributed by atoms with Crippen molar-refractivity contribution in [1.82, 2.24) is 14.2 Å². The Hall–Kier alpha value is -2.11. The normalized spacial score (nSPS) is 10.6. The summed E-state index contributed by atoms with van der Waals surface area (Å²) in [7, 11) is 1.70. The lowest BCUT2D eigenvalue weighted by molar-refractivity contribution is 0.0523. The molecule has 0 N–H and O–H groups in total. The van der Waals surface area contributed by atoms with Gasteiger partial charge in [-0.3, -0.25) is 9.48 Å². The molecule has 2 heterocycles. The number of hydrogen-bond acceptors (Lipinski definition) is 4. The van der Waals surface area contributed by atoms with Crippen LogP contribution < -0.4 is 5.56 Å². The van der Waals surface area contributed by atoms with Gasteiger partial charge < -0.3 is 4.74 Å². The first-order valence-electron chi connectivity index (χ1n) is 4.85. The topological polar surface area (TPSA) is 65.6 Å². The van der Waals surface area contributed by atoms with Crippen molar-refractivity contribution in [3.63, 3.8) is 0 Å². The first-order chi connectivity index (χ1) is 7.65. The Labute approximate surface area is 91.1 Å².